The first kappa shape index (κ1) is 14.5. The molecule has 0 aliphatic carbocycles. The Balaban J connectivity index is 2.42. The van der Waals surface area contributed by atoms with Gasteiger partial charge in [-0.2, -0.15) is 0 Å². The molecule has 5 nitrogen and oxygen atoms in total. The smallest absolute Gasteiger partial charge is 0.358 e. The molecule has 104 valence electrons. The van der Waals surface area contributed by atoms with E-state index in [2.05, 4.69) is 4.98 Å². The Labute approximate surface area is 119 Å². The van der Waals surface area contributed by atoms with Crippen molar-refractivity contribution in [2.75, 3.05) is 0 Å². The molecule has 9 heteroatoms. The summed E-state index contributed by atoms with van der Waals surface area (Å²) in [5, 5.41) is 10.8. The predicted molar refractivity (Wildman–Crippen MR) is 69.3 cm³/mol. The zero-order valence-electron chi connectivity index (χ0n) is 9.92. The van der Waals surface area contributed by atoms with Crippen molar-refractivity contribution in [1.82, 2.24) is 4.98 Å². The van der Waals surface area contributed by atoms with Gasteiger partial charge in [0.25, 0.3) is 5.01 Å². The number of carbonyl (C=O) groups is 1. The Kier molecular flexibility index (Phi) is 4.09. The normalized spacial score (nSPS) is 10.6. The van der Waals surface area contributed by atoms with Crippen molar-refractivity contribution in [2.24, 2.45) is 0 Å². The lowest BCUT2D eigenvalue weighted by molar-refractivity contribution is -0.391. The molecular formula is C11H6F2N2O3S2. The number of benzene rings is 1. The van der Waals surface area contributed by atoms with Crippen molar-refractivity contribution in [1.29, 1.82) is 0 Å². The summed E-state index contributed by atoms with van der Waals surface area (Å²) in [6.07, 6.45) is 0. The van der Waals surface area contributed by atoms with Gasteiger partial charge >= 0.3 is 5.82 Å². The Bertz CT molecular complexity index is 703. The number of aromatic nitrogens is 1. The maximum atomic E-state index is 13.5. The van der Waals surface area contributed by atoms with Crippen LogP contribution in [0.5, 0.6) is 0 Å². The summed E-state index contributed by atoms with van der Waals surface area (Å²) in [5.74, 6) is -2.49. The molecule has 2 rings (SSSR count). The topological polar surface area (TPSA) is 73.1 Å². The number of ketones is 1. The summed E-state index contributed by atoms with van der Waals surface area (Å²) < 4.78 is 26.4. The first-order valence-electron chi connectivity index (χ1n) is 5.17. The van der Waals surface area contributed by atoms with Crippen molar-refractivity contribution in [3.05, 3.63) is 45.0 Å². The van der Waals surface area contributed by atoms with Crippen LogP contribution in [0.25, 0.3) is 0 Å². The van der Waals surface area contributed by atoms with Crippen molar-refractivity contribution in [3.63, 3.8) is 0 Å². The van der Waals surface area contributed by atoms with Crippen LogP contribution in [-0.4, -0.2) is 15.7 Å². The molecule has 20 heavy (non-hydrogen) atoms. The van der Waals surface area contributed by atoms with Gasteiger partial charge in [0.15, 0.2) is 4.21 Å². The van der Waals surface area contributed by atoms with Crippen molar-refractivity contribution in [3.8, 4) is 0 Å². The number of hydrogen-bond donors (Lipinski definition) is 0. The number of carbonyl (C=O) groups excluding carboxylic acids is 1. The highest BCUT2D eigenvalue weighted by molar-refractivity contribution is 8.01. The van der Waals surface area contributed by atoms with Crippen LogP contribution in [0.2, 0.25) is 0 Å². The van der Waals surface area contributed by atoms with Crippen molar-refractivity contribution in [2.45, 2.75) is 16.0 Å². The molecule has 0 aliphatic heterocycles. The third kappa shape index (κ3) is 2.99. The molecule has 0 aliphatic rings. The third-order valence-corrected chi connectivity index (χ3v) is 4.51. The molecule has 0 saturated carbocycles. The van der Waals surface area contributed by atoms with Gasteiger partial charge in [0.2, 0.25) is 5.78 Å². The van der Waals surface area contributed by atoms with Gasteiger partial charge in [0, 0.05) is 17.9 Å². The standard InChI is InChI=1S/C11H6F2N2O3S2/c1-5(16)10-14-9(15(17)18)11(20-10)19-8-3-2-6(12)4-7(8)13/h2-4H,1H3. The highest BCUT2D eigenvalue weighted by Gasteiger charge is 2.26. The quantitative estimate of drug-likeness (QED) is 0.489. The molecule has 1 heterocycles. The summed E-state index contributed by atoms with van der Waals surface area (Å²) in [6, 6.07) is 2.90. The summed E-state index contributed by atoms with van der Waals surface area (Å²) in [4.78, 5) is 24.9. The number of nitro groups is 1. The number of thiazole rings is 1. The summed E-state index contributed by atoms with van der Waals surface area (Å²) in [5.41, 5.74) is 0. The monoisotopic (exact) mass is 316 g/mol. The van der Waals surface area contributed by atoms with Crippen LogP contribution in [0.15, 0.2) is 27.3 Å². The third-order valence-electron chi connectivity index (χ3n) is 2.15. The maximum absolute atomic E-state index is 13.5. The number of halogens is 2. The zero-order valence-corrected chi connectivity index (χ0v) is 11.6. The molecule has 0 amide bonds. The largest absolute Gasteiger partial charge is 0.389 e. The molecule has 1 aromatic carbocycles. The van der Waals surface area contributed by atoms with Crippen LogP contribution >= 0.6 is 23.1 Å². The van der Waals surface area contributed by atoms with Gasteiger partial charge in [-0.15, -0.1) is 0 Å². The van der Waals surface area contributed by atoms with Crippen LogP contribution < -0.4 is 0 Å². The summed E-state index contributed by atoms with van der Waals surface area (Å²) in [7, 11) is 0. The van der Waals surface area contributed by atoms with E-state index in [1.54, 1.807) is 0 Å². The lowest BCUT2D eigenvalue weighted by Crippen LogP contribution is -1.93. The number of rotatable bonds is 4. The fourth-order valence-electron chi connectivity index (χ4n) is 1.29. The van der Waals surface area contributed by atoms with Crippen LogP contribution in [0.4, 0.5) is 14.6 Å². The highest BCUT2D eigenvalue weighted by atomic mass is 32.2. The fraction of sp³-hybridized carbons (Fsp3) is 0.0909. The minimum Gasteiger partial charge on any atom is -0.358 e. The lowest BCUT2D eigenvalue weighted by atomic mass is 10.3. The second-order valence-electron chi connectivity index (χ2n) is 3.62. The molecule has 0 N–H and O–H groups in total. The van der Waals surface area contributed by atoms with Crippen molar-refractivity contribution < 1.29 is 18.5 Å². The molecule has 0 bridgehead atoms. The van der Waals surface area contributed by atoms with E-state index in [9.17, 15) is 23.7 Å². The Morgan fingerprint density at radius 3 is 2.70 bits per heavy atom. The van der Waals surface area contributed by atoms with E-state index in [0.29, 0.717) is 6.07 Å². The summed E-state index contributed by atoms with van der Waals surface area (Å²) >= 11 is 1.54. The summed E-state index contributed by atoms with van der Waals surface area (Å²) in [6.45, 7) is 1.23. The Morgan fingerprint density at radius 1 is 1.45 bits per heavy atom. The molecule has 2 aromatic rings. The lowest BCUT2D eigenvalue weighted by Gasteiger charge is -2.00. The van der Waals surface area contributed by atoms with E-state index in [4.69, 9.17) is 0 Å². The number of hydrogen-bond acceptors (Lipinski definition) is 6. The van der Waals surface area contributed by atoms with E-state index >= 15 is 0 Å². The molecule has 0 unspecified atom stereocenters. The van der Waals surface area contributed by atoms with Gasteiger partial charge in [-0.1, -0.05) is 23.1 Å². The van der Waals surface area contributed by atoms with E-state index in [1.165, 1.54) is 13.0 Å². The minimum absolute atomic E-state index is 0.0215. The first-order chi connectivity index (χ1) is 9.38. The van der Waals surface area contributed by atoms with Crippen LogP contribution in [0.1, 0.15) is 16.7 Å². The first-order valence-corrected chi connectivity index (χ1v) is 6.81. The average Bonchev–Trinajstić information content (AvgIpc) is 2.77. The van der Waals surface area contributed by atoms with Crippen molar-refractivity contribution >= 4 is 34.7 Å². The average molecular weight is 316 g/mol. The molecule has 0 fully saturated rings. The number of nitrogens with zero attached hydrogens (tertiary/aromatic N) is 2. The second kappa shape index (κ2) is 5.63. The van der Waals surface area contributed by atoms with Crippen LogP contribution in [-0.2, 0) is 0 Å². The maximum Gasteiger partial charge on any atom is 0.389 e. The van der Waals surface area contributed by atoms with Gasteiger partial charge in [0.1, 0.15) is 11.6 Å². The zero-order chi connectivity index (χ0) is 14.9. The van der Waals surface area contributed by atoms with Gasteiger partial charge in [0.05, 0.1) is 0 Å². The fourth-order valence-corrected chi connectivity index (χ4v) is 3.33. The van der Waals surface area contributed by atoms with E-state index in [-0.39, 0.29) is 14.1 Å². The van der Waals surface area contributed by atoms with Gasteiger partial charge < -0.3 is 10.1 Å². The molecule has 0 spiro atoms. The van der Waals surface area contributed by atoms with Crippen LogP contribution in [0.3, 0.4) is 0 Å². The molecule has 0 radical (unpaired) electrons. The Hall–Kier alpha value is -1.87. The second-order valence-corrected chi connectivity index (χ2v) is 5.93. The minimum atomic E-state index is -0.831. The molecule has 0 saturated heterocycles. The SMILES string of the molecule is CC(=O)c1nc([N+](=O)[O-])c(Sc2ccc(F)cc2F)s1. The molecule has 0 atom stereocenters. The van der Waals surface area contributed by atoms with Crippen LogP contribution in [0, 0.1) is 21.7 Å². The Morgan fingerprint density at radius 2 is 2.15 bits per heavy atom. The van der Waals surface area contributed by atoms with Gasteiger partial charge in [-0.25, -0.2) is 8.78 Å². The van der Waals surface area contributed by atoms with Gasteiger partial charge in [-0.05, 0) is 22.0 Å². The number of Topliss-reactive ketones (excluding diaryl/α,β-unsaturated/α-hetero) is 1. The van der Waals surface area contributed by atoms with E-state index < -0.39 is 28.2 Å². The molecular weight excluding hydrogens is 310 g/mol. The predicted octanol–water partition coefficient (Wildman–Crippen LogP) is 3.68. The van der Waals surface area contributed by atoms with E-state index in [1.807, 2.05) is 0 Å². The highest BCUT2D eigenvalue weighted by Crippen LogP contribution is 2.40. The molecule has 1 aromatic heterocycles. The van der Waals surface area contributed by atoms with Gasteiger partial charge in [-0.3, -0.25) is 4.79 Å². The van der Waals surface area contributed by atoms with E-state index in [0.717, 1.165) is 29.2 Å².